The number of pyridine rings is 1. The van der Waals surface area contributed by atoms with Gasteiger partial charge < -0.3 is 5.32 Å². The van der Waals surface area contributed by atoms with Crippen molar-refractivity contribution >= 4 is 17.6 Å². The van der Waals surface area contributed by atoms with Crippen molar-refractivity contribution in [3.05, 3.63) is 81.4 Å². The molecule has 0 bridgehead atoms. The second kappa shape index (κ2) is 6.47. The maximum absolute atomic E-state index is 14.2. The number of carbonyl (C=O) groups excluding carboxylic acids is 2. The molecule has 4 rings (SSSR count). The van der Waals surface area contributed by atoms with Gasteiger partial charge in [0.05, 0.1) is 12.2 Å². The third-order valence-electron chi connectivity index (χ3n) is 5.00. The third kappa shape index (κ3) is 2.95. The molecule has 0 radical (unpaired) electrons. The molecule has 2 aromatic heterocycles. The molecule has 7 nitrogen and oxygen atoms in total. The monoisotopic (exact) mass is 398 g/mol. The van der Waals surface area contributed by atoms with Gasteiger partial charge in [-0.2, -0.15) is 0 Å². The molecule has 0 unspecified atom stereocenters. The highest BCUT2D eigenvalue weighted by atomic mass is 19.1. The van der Waals surface area contributed by atoms with Crippen LogP contribution in [0, 0.1) is 18.6 Å². The van der Waals surface area contributed by atoms with Gasteiger partial charge in [-0.1, -0.05) is 6.07 Å². The lowest BCUT2D eigenvalue weighted by Crippen LogP contribution is -2.41. The zero-order chi connectivity index (χ0) is 20.9. The number of nitrogens with one attached hydrogen (secondary N) is 1. The van der Waals surface area contributed by atoms with E-state index in [0.717, 1.165) is 28.7 Å². The summed E-state index contributed by atoms with van der Waals surface area (Å²) in [4.78, 5) is 43.0. The number of urea groups is 1. The van der Waals surface area contributed by atoms with E-state index >= 15 is 0 Å². The first-order chi connectivity index (χ1) is 13.7. The molecule has 148 valence electrons. The van der Waals surface area contributed by atoms with Gasteiger partial charge in [-0.3, -0.25) is 18.9 Å². The smallest absolute Gasteiger partial charge is 0.319 e. The number of aromatic nitrogens is 2. The van der Waals surface area contributed by atoms with Crippen LogP contribution in [0.15, 0.2) is 47.4 Å². The van der Waals surface area contributed by atoms with Crippen LogP contribution in [0.3, 0.4) is 0 Å². The summed E-state index contributed by atoms with van der Waals surface area (Å²) >= 11 is 0. The Morgan fingerprint density at radius 3 is 2.66 bits per heavy atom. The number of imide groups is 1. The first-order valence-corrected chi connectivity index (χ1v) is 8.78. The van der Waals surface area contributed by atoms with E-state index in [1.807, 2.05) is 0 Å². The van der Waals surface area contributed by atoms with Crippen molar-refractivity contribution in [1.82, 2.24) is 19.6 Å². The number of benzene rings is 1. The van der Waals surface area contributed by atoms with E-state index in [1.54, 1.807) is 25.3 Å². The van der Waals surface area contributed by atoms with Gasteiger partial charge in [-0.25, -0.2) is 18.6 Å². The lowest BCUT2D eigenvalue weighted by molar-refractivity contribution is -0.131. The van der Waals surface area contributed by atoms with Gasteiger partial charge in [0.25, 0.3) is 11.5 Å². The van der Waals surface area contributed by atoms with Gasteiger partial charge in [-0.15, -0.1) is 0 Å². The maximum atomic E-state index is 14.2. The molecule has 1 fully saturated rings. The Morgan fingerprint density at radius 1 is 1.14 bits per heavy atom. The second-order valence-electron chi connectivity index (χ2n) is 7.04. The summed E-state index contributed by atoms with van der Waals surface area (Å²) in [7, 11) is 0. The Labute approximate surface area is 163 Å². The van der Waals surface area contributed by atoms with Crippen LogP contribution in [0.2, 0.25) is 0 Å². The fourth-order valence-electron chi connectivity index (χ4n) is 3.46. The number of hydrogen-bond acceptors (Lipinski definition) is 4. The zero-order valence-corrected chi connectivity index (χ0v) is 15.6. The van der Waals surface area contributed by atoms with E-state index in [9.17, 15) is 23.2 Å². The Hall–Kier alpha value is -3.62. The van der Waals surface area contributed by atoms with Crippen LogP contribution in [0.25, 0.3) is 5.65 Å². The Balaban J connectivity index is 1.72. The van der Waals surface area contributed by atoms with E-state index in [2.05, 4.69) is 10.3 Å². The van der Waals surface area contributed by atoms with Gasteiger partial charge in [0.1, 0.15) is 22.8 Å². The number of halogens is 2. The van der Waals surface area contributed by atoms with E-state index in [0.29, 0.717) is 5.65 Å². The van der Waals surface area contributed by atoms with Crippen LogP contribution in [-0.4, -0.2) is 26.2 Å². The van der Waals surface area contributed by atoms with Crippen molar-refractivity contribution in [2.45, 2.75) is 25.9 Å². The van der Waals surface area contributed by atoms with Crippen molar-refractivity contribution in [1.29, 1.82) is 0 Å². The summed E-state index contributed by atoms with van der Waals surface area (Å²) in [6.45, 7) is 2.80. The molecule has 3 amide bonds. The summed E-state index contributed by atoms with van der Waals surface area (Å²) in [6.07, 6.45) is 1.57. The summed E-state index contributed by atoms with van der Waals surface area (Å²) in [5.74, 6) is -2.32. The fraction of sp³-hybridized carbons (Fsp3) is 0.200. The number of amides is 3. The molecule has 1 atom stereocenters. The minimum Gasteiger partial charge on any atom is -0.319 e. The van der Waals surface area contributed by atoms with Crippen LogP contribution in [-0.2, 0) is 16.9 Å². The SMILES string of the molecule is Cc1cccn2c(=O)cc(CN3C(=O)N[C@@](C)(c4cc(F)ccc4F)C3=O)nc12. The second-order valence-corrected chi connectivity index (χ2v) is 7.04. The summed E-state index contributed by atoms with van der Waals surface area (Å²) in [5, 5.41) is 2.42. The average molecular weight is 398 g/mol. The number of aryl methyl sites for hydroxylation is 1. The third-order valence-corrected chi connectivity index (χ3v) is 5.00. The van der Waals surface area contributed by atoms with Crippen molar-refractivity contribution in [2.24, 2.45) is 0 Å². The Morgan fingerprint density at radius 2 is 1.90 bits per heavy atom. The van der Waals surface area contributed by atoms with Crippen LogP contribution in [0.4, 0.5) is 13.6 Å². The lowest BCUT2D eigenvalue weighted by Gasteiger charge is -2.22. The molecule has 1 N–H and O–H groups in total. The summed E-state index contributed by atoms with van der Waals surface area (Å²) < 4.78 is 29.2. The van der Waals surface area contributed by atoms with Crippen molar-refractivity contribution < 1.29 is 18.4 Å². The minimum atomic E-state index is -1.77. The number of rotatable bonds is 3. The maximum Gasteiger partial charge on any atom is 0.325 e. The molecule has 3 heterocycles. The van der Waals surface area contributed by atoms with Crippen molar-refractivity contribution in [3.63, 3.8) is 0 Å². The largest absolute Gasteiger partial charge is 0.325 e. The highest BCUT2D eigenvalue weighted by Crippen LogP contribution is 2.31. The number of nitrogens with zero attached hydrogens (tertiary/aromatic N) is 3. The molecule has 0 saturated carbocycles. The van der Waals surface area contributed by atoms with Gasteiger partial charge in [-0.05, 0) is 43.7 Å². The van der Waals surface area contributed by atoms with Crippen LogP contribution in [0.1, 0.15) is 23.7 Å². The standard InChI is InChI=1S/C20H16F2N4O3/c1-11-4-3-7-25-16(27)9-13(23-17(11)25)10-26-18(28)20(2,24-19(26)29)14-8-12(21)5-6-15(14)22/h3-9H,10H2,1-2H3,(H,24,29)/t20-/m0/s1. The van der Waals surface area contributed by atoms with Gasteiger partial charge >= 0.3 is 6.03 Å². The molecule has 3 aromatic rings. The normalized spacial score (nSPS) is 19.1. The lowest BCUT2D eigenvalue weighted by atomic mass is 9.91. The van der Waals surface area contributed by atoms with E-state index < -0.39 is 29.1 Å². The molecule has 29 heavy (non-hydrogen) atoms. The molecule has 1 aliphatic rings. The molecule has 0 aliphatic carbocycles. The van der Waals surface area contributed by atoms with Gasteiger partial charge in [0, 0.05) is 17.8 Å². The Kier molecular flexibility index (Phi) is 4.18. The van der Waals surface area contributed by atoms with Crippen LogP contribution in [0.5, 0.6) is 0 Å². The summed E-state index contributed by atoms with van der Waals surface area (Å²) in [6, 6.07) is 6.63. The molecule has 1 aliphatic heterocycles. The number of carbonyl (C=O) groups is 2. The first-order valence-electron chi connectivity index (χ1n) is 8.78. The Bertz CT molecular complexity index is 1240. The van der Waals surface area contributed by atoms with Gasteiger partial charge in [0.2, 0.25) is 0 Å². The van der Waals surface area contributed by atoms with Gasteiger partial charge in [0.15, 0.2) is 0 Å². The van der Waals surface area contributed by atoms with Crippen LogP contribution < -0.4 is 10.9 Å². The quantitative estimate of drug-likeness (QED) is 0.686. The molecular formula is C20H16F2N4O3. The topological polar surface area (TPSA) is 83.8 Å². The number of fused-ring (bicyclic) bond motifs is 1. The van der Waals surface area contributed by atoms with Crippen molar-refractivity contribution in [2.75, 3.05) is 0 Å². The predicted molar refractivity (Wildman–Crippen MR) is 99.0 cm³/mol. The first kappa shape index (κ1) is 18.7. The molecule has 1 aromatic carbocycles. The highest BCUT2D eigenvalue weighted by molar-refractivity contribution is 6.07. The summed E-state index contributed by atoms with van der Waals surface area (Å²) in [5.41, 5.74) is -1.06. The molecular weight excluding hydrogens is 382 g/mol. The molecule has 1 saturated heterocycles. The average Bonchev–Trinajstić information content (AvgIpc) is 2.88. The zero-order valence-electron chi connectivity index (χ0n) is 15.6. The van der Waals surface area contributed by atoms with E-state index in [1.165, 1.54) is 17.4 Å². The highest BCUT2D eigenvalue weighted by Gasteiger charge is 2.50. The van der Waals surface area contributed by atoms with E-state index in [4.69, 9.17) is 0 Å². The predicted octanol–water partition coefficient (Wildman–Crippen LogP) is 2.25. The minimum absolute atomic E-state index is 0.205. The van der Waals surface area contributed by atoms with Crippen LogP contribution >= 0.6 is 0 Å². The fourth-order valence-corrected chi connectivity index (χ4v) is 3.46. The molecule has 9 heteroatoms. The number of hydrogen-bond donors (Lipinski definition) is 1. The van der Waals surface area contributed by atoms with Crippen molar-refractivity contribution in [3.8, 4) is 0 Å². The van der Waals surface area contributed by atoms with E-state index in [-0.39, 0.29) is 23.4 Å². The molecule has 0 spiro atoms.